The summed E-state index contributed by atoms with van der Waals surface area (Å²) < 4.78 is 0. The number of carbonyl (C=O) groups is 2. The summed E-state index contributed by atoms with van der Waals surface area (Å²) >= 11 is 0. The zero-order chi connectivity index (χ0) is 19.1. The van der Waals surface area contributed by atoms with E-state index in [1.807, 2.05) is 0 Å². The maximum absolute atomic E-state index is 13.5. The standard InChI is InChI=1S/C23H37N3O2/c27-21(25-5-3-1-2-4-6-25)17-24-7-9-26(10-8-24)22(28)23-14-18-11-19(15-23)13-20(12-18)16-23/h18-20H,1-17H2. The third kappa shape index (κ3) is 3.59. The first-order chi connectivity index (χ1) is 13.6. The summed E-state index contributed by atoms with van der Waals surface area (Å²) in [7, 11) is 0. The van der Waals surface area contributed by atoms with Gasteiger partial charge in [-0.25, -0.2) is 0 Å². The van der Waals surface area contributed by atoms with Crippen LogP contribution in [0.15, 0.2) is 0 Å². The maximum Gasteiger partial charge on any atom is 0.236 e. The van der Waals surface area contributed by atoms with Crippen molar-refractivity contribution in [2.75, 3.05) is 45.8 Å². The number of hydrogen-bond acceptors (Lipinski definition) is 3. The molecule has 0 radical (unpaired) electrons. The third-order valence-electron chi connectivity index (χ3n) is 8.47. The summed E-state index contributed by atoms with van der Waals surface area (Å²) in [5, 5.41) is 0. The molecule has 5 nitrogen and oxygen atoms in total. The molecular weight excluding hydrogens is 350 g/mol. The zero-order valence-electron chi connectivity index (χ0n) is 17.4. The predicted octanol–water partition coefficient (Wildman–Crippen LogP) is 2.75. The summed E-state index contributed by atoms with van der Waals surface area (Å²) in [4.78, 5) is 32.7. The molecule has 2 heterocycles. The smallest absolute Gasteiger partial charge is 0.236 e. The SMILES string of the molecule is O=C(CN1CCN(C(=O)C23CC4CC(CC(C4)C2)C3)CC1)N1CCCCCC1. The van der Waals surface area contributed by atoms with Gasteiger partial charge in [0.25, 0.3) is 0 Å². The fraction of sp³-hybridized carbons (Fsp3) is 0.913. The molecule has 0 aromatic rings. The highest BCUT2D eigenvalue weighted by Crippen LogP contribution is 2.60. The van der Waals surface area contributed by atoms with E-state index in [-0.39, 0.29) is 5.41 Å². The molecule has 0 aromatic heterocycles. The van der Waals surface area contributed by atoms with Crippen molar-refractivity contribution >= 4 is 11.8 Å². The van der Waals surface area contributed by atoms with Crippen LogP contribution in [-0.2, 0) is 9.59 Å². The Labute approximate surface area is 169 Å². The molecule has 2 aliphatic heterocycles. The molecule has 5 heteroatoms. The number of piperazine rings is 1. The van der Waals surface area contributed by atoms with Crippen molar-refractivity contribution in [3.63, 3.8) is 0 Å². The Morgan fingerprint density at radius 2 is 1.21 bits per heavy atom. The van der Waals surface area contributed by atoms with Crippen LogP contribution in [-0.4, -0.2) is 72.3 Å². The van der Waals surface area contributed by atoms with Gasteiger partial charge in [0.15, 0.2) is 0 Å². The zero-order valence-corrected chi connectivity index (χ0v) is 17.4. The lowest BCUT2D eigenvalue weighted by Gasteiger charge is -2.57. The molecule has 4 aliphatic carbocycles. The van der Waals surface area contributed by atoms with Crippen LogP contribution in [0.5, 0.6) is 0 Å². The quantitative estimate of drug-likeness (QED) is 0.748. The van der Waals surface area contributed by atoms with Gasteiger partial charge in [-0.15, -0.1) is 0 Å². The number of amides is 2. The molecular formula is C23H37N3O2. The van der Waals surface area contributed by atoms with Crippen LogP contribution in [0.4, 0.5) is 0 Å². The van der Waals surface area contributed by atoms with Crippen LogP contribution in [0.25, 0.3) is 0 Å². The topological polar surface area (TPSA) is 43.9 Å². The second-order valence-electron chi connectivity index (χ2n) is 10.6. The van der Waals surface area contributed by atoms with Crippen LogP contribution in [0.1, 0.15) is 64.2 Å². The van der Waals surface area contributed by atoms with Gasteiger partial charge < -0.3 is 9.80 Å². The summed E-state index contributed by atoms with van der Waals surface area (Å²) in [6, 6.07) is 0. The average Bonchev–Trinajstić information content (AvgIpc) is 2.97. The van der Waals surface area contributed by atoms with Gasteiger partial charge in [-0.3, -0.25) is 14.5 Å². The Morgan fingerprint density at radius 1 is 0.679 bits per heavy atom. The van der Waals surface area contributed by atoms with Crippen LogP contribution >= 0.6 is 0 Å². The molecule has 0 N–H and O–H groups in total. The molecule has 28 heavy (non-hydrogen) atoms. The van der Waals surface area contributed by atoms with Crippen molar-refractivity contribution < 1.29 is 9.59 Å². The molecule has 0 aromatic carbocycles. The minimum absolute atomic E-state index is 0.0151. The number of rotatable bonds is 3. The van der Waals surface area contributed by atoms with E-state index in [0.29, 0.717) is 18.4 Å². The molecule has 2 saturated heterocycles. The molecule has 6 fully saturated rings. The highest BCUT2D eigenvalue weighted by molar-refractivity contribution is 5.83. The number of nitrogens with zero attached hydrogens (tertiary/aromatic N) is 3. The number of likely N-dealkylation sites (tertiary alicyclic amines) is 1. The highest BCUT2D eigenvalue weighted by Gasteiger charge is 2.55. The van der Waals surface area contributed by atoms with Gasteiger partial charge in [-0.05, 0) is 69.1 Å². The lowest BCUT2D eigenvalue weighted by atomic mass is 9.49. The maximum atomic E-state index is 13.5. The molecule has 6 aliphatic rings. The molecule has 4 bridgehead atoms. The number of hydrogen-bond donors (Lipinski definition) is 0. The van der Waals surface area contributed by atoms with E-state index in [4.69, 9.17) is 0 Å². The summed E-state index contributed by atoms with van der Waals surface area (Å²) in [5.41, 5.74) is -0.0151. The predicted molar refractivity (Wildman–Crippen MR) is 109 cm³/mol. The fourth-order valence-electron chi connectivity index (χ4n) is 7.43. The van der Waals surface area contributed by atoms with Crippen molar-refractivity contribution in [3.8, 4) is 0 Å². The van der Waals surface area contributed by atoms with E-state index in [1.54, 1.807) is 0 Å². The monoisotopic (exact) mass is 387 g/mol. The van der Waals surface area contributed by atoms with Crippen LogP contribution < -0.4 is 0 Å². The van der Waals surface area contributed by atoms with Gasteiger partial charge in [0.05, 0.1) is 12.0 Å². The second kappa shape index (κ2) is 7.62. The Bertz CT molecular complexity index is 568. The Kier molecular flexibility index (Phi) is 5.14. The van der Waals surface area contributed by atoms with E-state index in [2.05, 4.69) is 14.7 Å². The van der Waals surface area contributed by atoms with Crippen molar-refractivity contribution in [2.45, 2.75) is 64.2 Å². The van der Waals surface area contributed by atoms with E-state index in [0.717, 1.165) is 89.1 Å². The minimum atomic E-state index is -0.0151. The van der Waals surface area contributed by atoms with Gasteiger partial charge in [0, 0.05) is 39.3 Å². The molecule has 0 unspecified atom stereocenters. The van der Waals surface area contributed by atoms with Gasteiger partial charge >= 0.3 is 0 Å². The van der Waals surface area contributed by atoms with E-state index >= 15 is 0 Å². The van der Waals surface area contributed by atoms with Gasteiger partial charge in [0.2, 0.25) is 11.8 Å². The third-order valence-corrected chi connectivity index (χ3v) is 8.47. The minimum Gasteiger partial charge on any atom is -0.342 e. The largest absolute Gasteiger partial charge is 0.342 e. The summed E-state index contributed by atoms with van der Waals surface area (Å²) in [6.45, 7) is 5.75. The first-order valence-electron chi connectivity index (χ1n) is 11.9. The lowest BCUT2D eigenvalue weighted by Crippen LogP contribution is -2.58. The fourth-order valence-corrected chi connectivity index (χ4v) is 7.43. The molecule has 156 valence electrons. The van der Waals surface area contributed by atoms with Crippen LogP contribution in [0.3, 0.4) is 0 Å². The molecule has 0 atom stereocenters. The van der Waals surface area contributed by atoms with Gasteiger partial charge in [-0.2, -0.15) is 0 Å². The van der Waals surface area contributed by atoms with E-state index in [1.165, 1.54) is 32.1 Å². The van der Waals surface area contributed by atoms with Gasteiger partial charge in [-0.1, -0.05) is 12.8 Å². The van der Waals surface area contributed by atoms with Gasteiger partial charge in [0.1, 0.15) is 0 Å². The highest BCUT2D eigenvalue weighted by atomic mass is 16.2. The summed E-state index contributed by atoms with van der Waals surface area (Å²) in [6.07, 6.45) is 12.5. The van der Waals surface area contributed by atoms with Crippen molar-refractivity contribution in [1.29, 1.82) is 0 Å². The van der Waals surface area contributed by atoms with Crippen molar-refractivity contribution in [1.82, 2.24) is 14.7 Å². The Balaban J connectivity index is 1.14. The Morgan fingerprint density at radius 3 is 1.75 bits per heavy atom. The van der Waals surface area contributed by atoms with Crippen molar-refractivity contribution in [2.24, 2.45) is 23.2 Å². The first-order valence-corrected chi connectivity index (χ1v) is 11.9. The first kappa shape index (κ1) is 18.9. The normalized spacial score (nSPS) is 38.5. The van der Waals surface area contributed by atoms with Crippen LogP contribution in [0.2, 0.25) is 0 Å². The lowest BCUT2D eigenvalue weighted by molar-refractivity contribution is -0.159. The molecule has 2 amide bonds. The average molecular weight is 388 g/mol. The van der Waals surface area contributed by atoms with Crippen LogP contribution in [0, 0.1) is 23.2 Å². The Hall–Kier alpha value is -1.10. The second-order valence-corrected chi connectivity index (χ2v) is 10.6. The molecule has 4 saturated carbocycles. The van der Waals surface area contributed by atoms with E-state index < -0.39 is 0 Å². The molecule has 0 spiro atoms. The van der Waals surface area contributed by atoms with E-state index in [9.17, 15) is 9.59 Å². The summed E-state index contributed by atoms with van der Waals surface area (Å²) in [5.74, 6) is 3.22. The number of carbonyl (C=O) groups excluding carboxylic acids is 2. The van der Waals surface area contributed by atoms with Crippen molar-refractivity contribution in [3.05, 3.63) is 0 Å². The molecule has 6 rings (SSSR count).